The van der Waals surface area contributed by atoms with Crippen LogP contribution in [0.1, 0.15) is 32.3 Å². The van der Waals surface area contributed by atoms with Gasteiger partial charge in [-0.3, -0.25) is 9.80 Å². The molecule has 152 valence electrons. The Balaban J connectivity index is 1.44. The fraction of sp³-hybridized carbons (Fsp3) is 0.727. The Morgan fingerprint density at radius 1 is 1.19 bits per heavy atom. The van der Waals surface area contributed by atoms with Gasteiger partial charge in [0.1, 0.15) is 5.75 Å². The van der Waals surface area contributed by atoms with Crippen molar-refractivity contribution in [3.8, 4) is 5.75 Å². The Kier molecular flexibility index (Phi) is 7.53. The highest BCUT2D eigenvalue weighted by molar-refractivity contribution is 5.28. The van der Waals surface area contributed by atoms with Crippen molar-refractivity contribution >= 4 is 0 Å². The lowest BCUT2D eigenvalue weighted by Crippen LogP contribution is -2.50. The average Bonchev–Trinajstić information content (AvgIpc) is 2.67. The Hall–Kier alpha value is -1.14. The van der Waals surface area contributed by atoms with Crippen molar-refractivity contribution in [1.29, 1.82) is 0 Å². The minimum atomic E-state index is 0.284. The summed E-state index contributed by atoms with van der Waals surface area (Å²) in [5.41, 5.74) is 1.62. The zero-order valence-corrected chi connectivity index (χ0v) is 17.4. The molecule has 2 aliphatic heterocycles. The number of nitrogens with one attached hydrogen (secondary N) is 1. The summed E-state index contributed by atoms with van der Waals surface area (Å²) in [6.07, 6.45) is 2.55. The lowest BCUT2D eigenvalue weighted by atomic mass is 9.91. The summed E-state index contributed by atoms with van der Waals surface area (Å²) in [5, 5.41) is 3.87. The van der Waals surface area contributed by atoms with Crippen LogP contribution in [0.5, 0.6) is 5.75 Å². The number of piperidine rings is 1. The van der Waals surface area contributed by atoms with Gasteiger partial charge < -0.3 is 14.8 Å². The Morgan fingerprint density at radius 3 is 2.78 bits per heavy atom. The molecule has 1 aromatic rings. The number of hydrogen-bond donors (Lipinski definition) is 1. The SMILES string of the molecule is COc1cccc(CN2CCC[C@@H](NCC(C)(C)CN3CCOCC3)C2)c1. The van der Waals surface area contributed by atoms with Crippen molar-refractivity contribution < 1.29 is 9.47 Å². The highest BCUT2D eigenvalue weighted by Crippen LogP contribution is 2.20. The third-order valence-electron chi connectivity index (χ3n) is 5.67. The van der Waals surface area contributed by atoms with Gasteiger partial charge in [-0.15, -0.1) is 0 Å². The number of morpholine rings is 1. The summed E-state index contributed by atoms with van der Waals surface area (Å²) in [6.45, 7) is 14.2. The Bertz CT molecular complexity index is 572. The van der Waals surface area contributed by atoms with Crippen LogP contribution in [-0.4, -0.2) is 75.4 Å². The van der Waals surface area contributed by atoms with E-state index in [0.29, 0.717) is 6.04 Å². The van der Waals surface area contributed by atoms with Crippen LogP contribution in [-0.2, 0) is 11.3 Å². The van der Waals surface area contributed by atoms with Gasteiger partial charge in [0.2, 0.25) is 0 Å². The van der Waals surface area contributed by atoms with Crippen LogP contribution >= 0.6 is 0 Å². The van der Waals surface area contributed by atoms with E-state index in [9.17, 15) is 0 Å². The van der Waals surface area contributed by atoms with Crippen LogP contribution in [0.25, 0.3) is 0 Å². The lowest BCUT2D eigenvalue weighted by Gasteiger charge is -2.38. The summed E-state index contributed by atoms with van der Waals surface area (Å²) < 4.78 is 10.8. The predicted octanol–water partition coefficient (Wildman–Crippen LogP) is 2.61. The third kappa shape index (κ3) is 6.75. The molecule has 2 saturated heterocycles. The summed E-state index contributed by atoms with van der Waals surface area (Å²) >= 11 is 0. The minimum Gasteiger partial charge on any atom is -0.497 e. The van der Waals surface area contributed by atoms with Crippen LogP contribution in [0.3, 0.4) is 0 Å². The zero-order valence-electron chi connectivity index (χ0n) is 17.4. The highest BCUT2D eigenvalue weighted by atomic mass is 16.5. The topological polar surface area (TPSA) is 37.0 Å². The molecule has 2 heterocycles. The minimum absolute atomic E-state index is 0.284. The number of rotatable bonds is 8. The van der Waals surface area contributed by atoms with E-state index < -0.39 is 0 Å². The van der Waals surface area contributed by atoms with Gasteiger partial charge in [-0.25, -0.2) is 0 Å². The van der Waals surface area contributed by atoms with Gasteiger partial charge in [0.25, 0.3) is 0 Å². The molecule has 0 unspecified atom stereocenters. The van der Waals surface area contributed by atoms with E-state index in [4.69, 9.17) is 9.47 Å². The maximum atomic E-state index is 5.47. The van der Waals surface area contributed by atoms with Gasteiger partial charge in [-0.05, 0) is 42.5 Å². The van der Waals surface area contributed by atoms with Gasteiger partial charge in [-0.1, -0.05) is 26.0 Å². The largest absolute Gasteiger partial charge is 0.497 e. The van der Waals surface area contributed by atoms with E-state index in [-0.39, 0.29) is 5.41 Å². The highest BCUT2D eigenvalue weighted by Gasteiger charge is 2.26. The van der Waals surface area contributed by atoms with Crippen LogP contribution in [0.2, 0.25) is 0 Å². The van der Waals surface area contributed by atoms with E-state index in [1.807, 2.05) is 6.07 Å². The first-order valence-electron chi connectivity index (χ1n) is 10.4. The molecule has 0 bridgehead atoms. The number of nitrogens with zero attached hydrogens (tertiary/aromatic N) is 2. The maximum Gasteiger partial charge on any atom is 0.119 e. The van der Waals surface area contributed by atoms with Crippen molar-refractivity contribution in [2.45, 2.75) is 39.3 Å². The molecule has 1 N–H and O–H groups in total. The van der Waals surface area contributed by atoms with Crippen LogP contribution < -0.4 is 10.1 Å². The quantitative estimate of drug-likeness (QED) is 0.756. The smallest absolute Gasteiger partial charge is 0.119 e. The lowest BCUT2D eigenvalue weighted by molar-refractivity contribution is 0.0204. The standard InChI is InChI=1S/C22H37N3O2/c1-22(2,18-24-10-12-27-13-11-24)17-23-20-7-5-9-25(16-20)15-19-6-4-8-21(14-19)26-3/h4,6,8,14,20,23H,5,7,9-13,15-18H2,1-3H3/t20-/m1/s1. The molecule has 2 aliphatic rings. The summed E-state index contributed by atoms with van der Waals surface area (Å²) in [5.74, 6) is 0.948. The van der Waals surface area contributed by atoms with E-state index in [1.54, 1.807) is 7.11 Å². The molecule has 3 rings (SSSR count). The molecule has 27 heavy (non-hydrogen) atoms. The fourth-order valence-electron chi connectivity index (χ4n) is 4.24. The molecule has 5 nitrogen and oxygen atoms in total. The van der Waals surface area contributed by atoms with Crippen LogP contribution in [0.4, 0.5) is 0 Å². The van der Waals surface area contributed by atoms with E-state index >= 15 is 0 Å². The molecule has 1 aromatic carbocycles. The molecule has 2 fully saturated rings. The average molecular weight is 376 g/mol. The molecule has 0 spiro atoms. The van der Waals surface area contributed by atoms with E-state index in [0.717, 1.165) is 58.2 Å². The third-order valence-corrected chi connectivity index (χ3v) is 5.67. The van der Waals surface area contributed by atoms with Crippen molar-refractivity contribution in [2.75, 3.05) is 59.6 Å². The van der Waals surface area contributed by atoms with Gasteiger partial charge in [-0.2, -0.15) is 0 Å². The number of ether oxygens (including phenoxy) is 2. The fourth-order valence-corrected chi connectivity index (χ4v) is 4.24. The molecular weight excluding hydrogens is 338 g/mol. The monoisotopic (exact) mass is 375 g/mol. The van der Waals surface area contributed by atoms with Crippen molar-refractivity contribution in [3.63, 3.8) is 0 Å². The van der Waals surface area contributed by atoms with Gasteiger partial charge in [0.15, 0.2) is 0 Å². The molecule has 0 amide bonds. The number of hydrogen-bond acceptors (Lipinski definition) is 5. The van der Waals surface area contributed by atoms with Gasteiger partial charge in [0.05, 0.1) is 20.3 Å². The Labute approximate surface area is 165 Å². The second-order valence-corrected chi connectivity index (χ2v) is 8.86. The maximum absolute atomic E-state index is 5.47. The molecule has 0 aliphatic carbocycles. The molecule has 0 aromatic heterocycles. The normalized spacial score (nSPS) is 22.7. The van der Waals surface area contributed by atoms with Crippen molar-refractivity contribution in [3.05, 3.63) is 29.8 Å². The van der Waals surface area contributed by atoms with Gasteiger partial charge in [0, 0.05) is 45.3 Å². The van der Waals surface area contributed by atoms with Gasteiger partial charge >= 0.3 is 0 Å². The van der Waals surface area contributed by atoms with Crippen LogP contribution in [0, 0.1) is 5.41 Å². The number of methoxy groups -OCH3 is 1. The first-order chi connectivity index (χ1) is 13.0. The Morgan fingerprint density at radius 2 is 2.00 bits per heavy atom. The van der Waals surface area contributed by atoms with Crippen LogP contribution in [0.15, 0.2) is 24.3 Å². The van der Waals surface area contributed by atoms with Crippen molar-refractivity contribution in [1.82, 2.24) is 15.1 Å². The molecule has 0 radical (unpaired) electrons. The first kappa shape index (κ1) is 20.6. The second kappa shape index (κ2) is 9.87. The van der Waals surface area contributed by atoms with E-state index in [1.165, 1.54) is 24.9 Å². The second-order valence-electron chi connectivity index (χ2n) is 8.86. The number of benzene rings is 1. The summed E-state index contributed by atoms with van der Waals surface area (Å²) in [4.78, 5) is 5.12. The number of likely N-dealkylation sites (tertiary alicyclic amines) is 1. The zero-order chi connectivity index (χ0) is 19.1. The molecular formula is C22H37N3O2. The molecule has 0 saturated carbocycles. The van der Waals surface area contributed by atoms with E-state index in [2.05, 4.69) is 47.2 Å². The first-order valence-corrected chi connectivity index (χ1v) is 10.4. The summed E-state index contributed by atoms with van der Waals surface area (Å²) in [7, 11) is 1.73. The molecule has 1 atom stereocenters. The summed E-state index contributed by atoms with van der Waals surface area (Å²) in [6, 6.07) is 9.05. The molecule has 5 heteroatoms. The predicted molar refractivity (Wildman–Crippen MR) is 110 cm³/mol. The van der Waals surface area contributed by atoms with Crippen molar-refractivity contribution in [2.24, 2.45) is 5.41 Å².